The lowest BCUT2D eigenvalue weighted by atomic mass is 10.2. The largest absolute Gasteiger partial charge is 0.298 e. The van der Waals surface area contributed by atoms with Crippen LogP contribution in [-0.2, 0) is 10.0 Å². The fraction of sp³-hybridized carbons (Fsp3) is 0.571. The van der Waals surface area contributed by atoms with Crippen LogP contribution in [0.4, 0.5) is 4.39 Å². The van der Waals surface area contributed by atoms with Gasteiger partial charge in [0.1, 0.15) is 5.82 Å². The van der Waals surface area contributed by atoms with E-state index in [-0.39, 0.29) is 10.7 Å². The highest BCUT2D eigenvalue weighted by Crippen LogP contribution is 2.26. The average Bonchev–Trinajstić information content (AvgIpc) is 2.89. The summed E-state index contributed by atoms with van der Waals surface area (Å²) in [5.41, 5.74) is 0.366. The molecule has 0 amide bonds. The minimum atomic E-state index is -3.50. The van der Waals surface area contributed by atoms with E-state index in [2.05, 4.69) is 4.90 Å². The molecule has 0 N–H and O–H groups in total. The molecule has 1 aromatic rings. The number of sulfonamides is 1. The quantitative estimate of drug-likeness (QED) is 0.833. The molecule has 3 rings (SSSR count). The molecule has 0 unspecified atom stereocenters. The predicted octanol–water partition coefficient (Wildman–Crippen LogP) is 1.60. The second kappa shape index (κ2) is 5.09. The van der Waals surface area contributed by atoms with Gasteiger partial charge in [-0.3, -0.25) is 4.90 Å². The van der Waals surface area contributed by atoms with Gasteiger partial charge in [0.15, 0.2) is 0 Å². The van der Waals surface area contributed by atoms with E-state index in [1.807, 2.05) is 0 Å². The molecule has 4 nitrogen and oxygen atoms in total. The van der Waals surface area contributed by atoms with Gasteiger partial charge < -0.3 is 0 Å². The highest BCUT2D eigenvalue weighted by molar-refractivity contribution is 7.89. The fourth-order valence-corrected chi connectivity index (χ4v) is 4.66. The van der Waals surface area contributed by atoms with E-state index in [0.29, 0.717) is 24.7 Å². The second-order valence-corrected chi connectivity index (χ2v) is 7.54. The van der Waals surface area contributed by atoms with Gasteiger partial charge >= 0.3 is 0 Å². The van der Waals surface area contributed by atoms with Crippen LogP contribution in [0, 0.1) is 12.7 Å². The summed E-state index contributed by atoms with van der Waals surface area (Å²) in [6.45, 7) is 4.54. The van der Waals surface area contributed by atoms with E-state index < -0.39 is 10.0 Å². The first kappa shape index (κ1) is 14.0. The number of aryl methyl sites for hydroxylation is 1. The van der Waals surface area contributed by atoms with Crippen molar-refractivity contribution < 1.29 is 12.8 Å². The van der Waals surface area contributed by atoms with Crippen molar-refractivity contribution in [1.29, 1.82) is 0 Å². The third-order valence-electron chi connectivity index (χ3n) is 4.32. The Labute approximate surface area is 119 Å². The van der Waals surface area contributed by atoms with E-state index >= 15 is 0 Å². The Morgan fingerprint density at radius 1 is 1.25 bits per heavy atom. The Kier molecular flexibility index (Phi) is 3.56. The van der Waals surface area contributed by atoms with Crippen LogP contribution < -0.4 is 0 Å². The number of piperazine rings is 1. The van der Waals surface area contributed by atoms with E-state index in [9.17, 15) is 12.8 Å². The maximum atomic E-state index is 13.3. The summed E-state index contributed by atoms with van der Waals surface area (Å²) in [4.78, 5) is 2.56. The molecule has 110 valence electrons. The molecule has 2 aliphatic heterocycles. The summed E-state index contributed by atoms with van der Waals surface area (Å²) < 4.78 is 40.1. The smallest absolute Gasteiger partial charge is 0.243 e. The zero-order valence-corrected chi connectivity index (χ0v) is 12.4. The van der Waals surface area contributed by atoms with Gasteiger partial charge in [-0.2, -0.15) is 4.31 Å². The zero-order valence-electron chi connectivity index (χ0n) is 11.5. The topological polar surface area (TPSA) is 40.6 Å². The van der Waals surface area contributed by atoms with Crippen LogP contribution in [0.1, 0.15) is 18.4 Å². The van der Waals surface area contributed by atoms with Crippen molar-refractivity contribution in [2.24, 2.45) is 0 Å². The number of hydrogen-bond donors (Lipinski definition) is 0. The molecule has 20 heavy (non-hydrogen) atoms. The summed E-state index contributed by atoms with van der Waals surface area (Å²) in [7, 11) is -3.50. The molecule has 6 heteroatoms. The number of fused-ring (bicyclic) bond motifs is 1. The fourth-order valence-electron chi connectivity index (χ4n) is 3.11. The summed E-state index contributed by atoms with van der Waals surface area (Å²) >= 11 is 0. The van der Waals surface area contributed by atoms with Crippen LogP contribution in [-0.4, -0.2) is 49.8 Å². The maximum Gasteiger partial charge on any atom is 0.243 e. The van der Waals surface area contributed by atoms with Crippen molar-refractivity contribution in [3.63, 3.8) is 0 Å². The van der Waals surface area contributed by atoms with E-state index in [4.69, 9.17) is 0 Å². The molecular formula is C14H19FN2O2S. The second-order valence-electron chi connectivity index (χ2n) is 5.61. The van der Waals surface area contributed by atoms with Crippen molar-refractivity contribution in [3.05, 3.63) is 29.6 Å². The van der Waals surface area contributed by atoms with Gasteiger partial charge in [0.2, 0.25) is 10.0 Å². The summed E-state index contributed by atoms with van der Waals surface area (Å²) in [5.74, 6) is -0.371. The van der Waals surface area contributed by atoms with Gasteiger partial charge in [-0.1, -0.05) is 0 Å². The first-order valence-electron chi connectivity index (χ1n) is 6.99. The molecule has 0 aromatic heterocycles. The lowest BCUT2D eigenvalue weighted by Gasteiger charge is -2.36. The third kappa shape index (κ3) is 2.36. The van der Waals surface area contributed by atoms with Crippen LogP contribution in [0.15, 0.2) is 23.1 Å². The molecule has 2 heterocycles. The molecule has 0 aliphatic carbocycles. The number of rotatable bonds is 2. The number of halogens is 1. The van der Waals surface area contributed by atoms with E-state index in [1.54, 1.807) is 11.2 Å². The average molecular weight is 298 g/mol. The van der Waals surface area contributed by atoms with Crippen molar-refractivity contribution in [2.75, 3.05) is 26.2 Å². The molecule has 2 saturated heterocycles. The highest BCUT2D eigenvalue weighted by Gasteiger charge is 2.36. The number of benzene rings is 1. The molecule has 1 atom stereocenters. The van der Waals surface area contributed by atoms with Crippen molar-refractivity contribution in [2.45, 2.75) is 30.7 Å². The Morgan fingerprint density at radius 2 is 2.05 bits per heavy atom. The molecular weight excluding hydrogens is 279 g/mol. The van der Waals surface area contributed by atoms with E-state index in [0.717, 1.165) is 25.9 Å². The van der Waals surface area contributed by atoms with Crippen molar-refractivity contribution >= 4 is 10.0 Å². The van der Waals surface area contributed by atoms with Gasteiger partial charge in [0.05, 0.1) is 4.90 Å². The first-order chi connectivity index (χ1) is 9.48. The molecule has 1 aromatic carbocycles. The van der Waals surface area contributed by atoms with Gasteiger partial charge in [-0.05, 0) is 50.1 Å². The Bertz CT molecular complexity index is 618. The molecule has 0 radical (unpaired) electrons. The van der Waals surface area contributed by atoms with Gasteiger partial charge in [-0.15, -0.1) is 0 Å². The summed E-state index contributed by atoms with van der Waals surface area (Å²) in [6.07, 6.45) is 2.21. The Balaban J connectivity index is 1.86. The third-order valence-corrected chi connectivity index (χ3v) is 6.18. The first-order valence-corrected chi connectivity index (χ1v) is 8.43. The Morgan fingerprint density at radius 3 is 2.80 bits per heavy atom. The maximum absolute atomic E-state index is 13.3. The monoisotopic (exact) mass is 298 g/mol. The predicted molar refractivity (Wildman–Crippen MR) is 74.5 cm³/mol. The van der Waals surface area contributed by atoms with Crippen LogP contribution in [0.5, 0.6) is 0 Å². The lowest BCUT2D eigenvalue weighted by molar-refractivity contribution is 0.158. The van der Waals surface area contributed by atoms with Crippen LogP contribution in [0.25, 0.3) is 0 Å². The van der Waals surface area contributed by atoms with Gasteiger partial charge in [0, 0.05) is 25.7 Å². The normalized spacial score (nSPS) is 24.8. The van der Waals surface area contributed by atoms with Crippen LogP contribution >= 0.6 is 0 Å². The van der Waals surface area contributed by atoms with E-state index in [1.165, 1.54) is 18.2 Å². The molecule has 0 saturated carbocycles. The summed E-state index contributed by atoms with van der Waals surface area (Å²) in [6, 6.07) is 4.36. The molecule has 2 fully saturated rings. The lowest BCUT2D eigenvalue weighted by Crippen LogP contribution is -2.51. The van der Waals surface area contributed by atoms with Gasteiger partial charge in [-0.25, -0.2) is 12.8 Å². The molecule has 0 bridgehead atoms. The SMILES string of the molecule is Cc1cc(S(=O)(=O)N2CCN3CCC[C@@H]3C2)ccc1F. The van der Waals surface area contributed by atoms with Crippen molar-refractivity contribution in [1.82, 2.24) is 9.21 Å². The minimum absolute atomic E-state index is 0.197. The van der Waals surface area contributed by atoms with Gasteiger partial charge in [0.25, 0.3) is 0 Å². The minimum Gasteiger partial charge on any atom is -0.298 e. The summed E-state index contributed by atoms with van der Waals surface area (Å²) in [5, 5.41) is 0. The standard InChI is InChI=1S/C14H19FN2O2S/c1-11-9-13(4-5-14(11)15)20(18,19)17-8-7-16-6-2-3-12(16)10-17/h4-5,9,12H,2-3,6-8,10H2,1H3/t12-/m1/s1. The Hall–Kier alpha value is -0.980. The number of hydrogen-bond acceptors (Lipinski definition) is 3. The van der Waals surface area contributed by atoms with Crippen LogP contribution in [0.2, 0.25) is 0 Å². The molecule has 2 aliphatic rings. The molecule has 0 spiro atoms. The number of nitrogens with zero attached hydrogens (tertiary/aromatic N) is 2. The zero-order chi connectivity index (χ0) is 14.3. The van der Waals surface area contributed by atoms with Crippen LogP contribution in [0.3, 0.4) is 0 Å². The van der Waals surface area contributed by atoms with Crippen molar-refractivity contribution in [3.8, 4) is 0 Å². The highest BCUT2D eigenvalue weighted by atomic mass is 32.2.